The van der Waals surface area contributed by atoms with Crippen LogP contribution in [0.5, 0.6) is 5.75 Å². The van der Waals surface area contributed by atoms with Gasteiger partial charge in [0, 0.05) is 0 Å². The Labute approximate surface area is 91.5 Å². The summed E-state index contributed by atoms with van der Waals surface area (Å²) < 4.78 is 5.65. The number of benzene rings is 1. The zero-order valence-electron chi connectivity index (χ0n) is 9.36. The molecule has 80 valence electrons. The van der Waals surface area contributed by atoms with Gasteiger partial charge in [0.2, 0.25) is 0 Å². The SMILES string of the molecule is CCC(CC)COc1ccccc1C#N. The number of hydrogen-bond acceptors (Lipinski definition) is 2. The lowest BCUT2D eigenvalue weighted by atomic mass is 10.1. The highest BCUT2D eigenvalue weighted by Crippen LogP contribution is 2.18. The van der Waals surface area contributed by atoms with E-state index in [4.69, 9.17) is 10.00 Å². The summed E-state index contributed by atoms with van der Waals surface area (Å²) in [4.78, 5) is 0. The highest BCUT2D eigenvalue weighted by atomic mass is 16.5. The molecule has 0 radical (unpaired) electrons. The topological polar surface area (TPSA) is 33.0 Å². The third-order valence-electron chi connectivity index (χ3n) is 2.64. The third kappa shape index (κ3) is 3.28. The fourth-order valence-electron chi connectivity index (χ4n) is 1.42. The molecule has 2 nitrogen and oxygen atoms in total. The van der Waals surface area contributed by atoms with Crippen LogP contribution in [-0.4, -0.2) is 6.61 Å². The Kier molecular flexibility index (Phi) is 4.70. The number of nitrogens with zero attached hydrogens (tertiary/aromatic N) is 1. The molecule has 0 unspecified atom stereocenters. The van der Waals surface area contributed by atoms with Crippen LogP contribution in [0, 0.1) is 17.2 Å². The van der Waals surface area contributed by atoms with Crippen LogP contribution in [0.15, 0.2) is 24.3 Å². The van der Waals surface area contributed by atoms with Gasteiger partial charge >= 0.3 is 0 Å². The zero-order valence-corrected chi connectivity index (χ0v) is 9.36. The predicted octanol–water partition coefficient (Wildman–Crippen LogP) is 3.37. The van der Waals surface area contributed by atoms with Crippen molar-refractivity contribution in [2.75, 3.05) is 6.61 Å². The van der Waals surface area contributed by atoms with E-state index in [-0.39, 0.29) is 0 Å². The van der Waals surface area contributed by atoms with E-state index in [9.17, 15) is 0 Å². The molecular weight excluding hydrogens is 186 g/mol. The fraction of sp³-hybridized carbons (Fsp3) is 0.462. The van der Waals surface area contributed by atoms with Crippen molar-refractivity contribution in [3.8, 4) is 11.8 Å². The maximum atomic E-state index is 8.87. The minimum Gasteiger partial charge on any atom is -0.492 e. The Morgan fingerprint density at radius 3 is 2.53 bits per heavy atom. The van der Waals surface area contributed by atoms with Gasteiger partial charge in [0.1, 0.15) is 11.8 Å². The molecule has 15 heavy (non-hydrogen) atoms. The molecular formula is C13H17NO. The summed E-state index contributed by atoms with van der Waals surface area (Å²) in [5, 5.41) is 8.87. The second kappa shape index (κ2) is 6.08. The van der Waals surface area contributed by atoms with Crippen LogP contribution in [0.2, 0.25) is 0 Å². The molecule has 0 fully saturated rings. The van der Waals surface area contributed by atoms with Crippen molar-refractivity contribution in [3.05, 3.63) is 29.8 Å². The molecule has 0 amide bonds. The Bertz CT molecular complexity index is 337. The minimum absolute atomic E-state index is 0.580. The first-order valence-corrected chi connectivity index (χ1v) is 5.43. The first-order chi connectivity index (χ1) is 7.31. The van der Waals surface area contributed by atoms with E-state index in [1.165, 1.54) is 0 Å². The van der Waals surface area contributed by atoms with Gasteiger partial charge in [-0.25, -0.2) is 0 Å². The highest BCUT2D eigenvalue weighted by molar-refractivity contribution is 5.42. The van der Waals surface area contributed by atoms with Crippen molar-refractivity contribution in [1.29, 1.82) is 5.26 Å². The zero-order chi connectivity index (χ0) is 11.1. The molecule has 1 aromatic rings. The summed E-state index contributed by atoms with van der Waals surface area (Å²) in [6, 6.07) is 9.50. The number of rotatable bonds is 5. The van der Waals surface area contributed by atoms with Crippen molar-refractivity contribution in [2.45, 2.75) is 26.7 Å². The largest absolute Gasteiger partial charge is 0.492 e. The molecule has 0 N–H and O–H groups in total. The van der Waals surface area contributed by atoms with Gasteiger partial charge in [-0.3, -0.25) is 0 Å². The Morgan fingerprint density at radius 1 is 1.27 bits per heavy atom. The smallest absolute Gasteiger partial charge is 0.137 e. The molecule has 0 aliphatic heterocycles. The van der Waals surface area contributed by atoms with Crippen molar-refractivity contribution < 1.29 is 4.74 Å². The molecule has 0 aromatic heterocycles. The van der Waals surface area contributed by atoms with Crippen molar-refractivity contribution in [3.63, 3.8) is 0 Å². The maximum Gasteiger partial charge on any atom is 0.137 e. The van der Waals surface area contributed by atoms with E-state index in [1.54, 1.807) is 6.07 Å². The summed E-state index contributed by atoms with van der Waals surface area (Å²) >= 11 is 0. The van der Waals surface area contributed by atoms with Crippen LogP contribution in [-0.2, 0) is 0 Å². The number of ether oxygens (including phenoxy) is 1. The molecule has 0 spiro atoms. The quantitative estimate of drug-likeness (QED) is 0.735. The van der Waals surface area contributed by atoms with E-state index in [1.807, 2.05) is 18.2 Å². The van der Waals surface area contributed by atoms with E-state index >= 15 is 0 Å². The first kappa shape index (κ1) is 11.6. The Hall–Kier alpha value is -1.49. The average molecular weight is 203 g/mol. The normalized spacial score (nSPS) is 10.0. The van der Waals surface area contributed by atoms with Crippen LogP contribution in [0.4, 0.5) is 0 Å². The van der Waals surface area contributed by atoms with E-state index in [0.717, 1.165) is 12.8 Å². The number of hydrogen-bond donors (Lipinski definition) is 0. The lowest BCUT2D eigenvalue weighted by molar-refractivity contribution is 0.240. The minimum atomic E-state index is 0.580. The molecule has 2 heteroatoms. The maximum absolute atomic E-state index is 8.87. The summed E-state index contributed by atoms with van der Waals surface area (Å²) in [7, 11) is 0. The number of para-hydroxylation sites is 1. The Balaban J connectivity index is 2.61. The predicted molar refractivity (Wildman–Crippen MR) is 60.7 cm³/mol. The van der Waals surface area contributed by atoms with Gasteiger partial charge < -0.3 is 4.74 Å². The van der Waals surface area contributed by atoms with Gasteiger partial charge in [0.05, 0.1) is 12.2 Å². The lowest BCUT2D eigenvalue weighted by Gasteiger charge is -2.14. The molecule has 0 heterocycles. The van der Waals surface area contributed by atoms with Gasteiger partial charge in [0.25, 0.3) is 0 Å². The van der Waals surface area contributed by atoms with E-state index in [2.05, 4.69) is 19.9 Å². The van der Waals surface area contributed by atoms with Crippen LogP contribution in [0.25, 0.3) is 0 Å². The van der Waals surface area contributed by atoms with Gasteiger partial charge in [-0.05, 0) is 18.1 Å². The van der Waals surface area contributed by atoms with E-state index < -0.39 is 0 Å². The van der Waals surface area contributed by atoms with Gasteiger partial charge in [-0.2, -0.15) is 5.26 Å². The summed E-state index contributed by atoms with van der Waals surface area (Å²) in [6.07, 6.45) is 2.23. The van der Waals surface area contributed by atoms with Crippen LogP contribution < -0.4 is 4.74 Å². The fourth-order valence-corrected chi connectivity index (χ4v) is 1.42. The molecule has 0 aliphatic rings. The third-order valence-corrected chi connectivity index (χ3v) is 2.64. The highest BCUT2D eigenvalue weighted by Gasteiger charge is 2.06. The van der Waals surface area contributed by atoms with E-state index in [0.29, 0.717) is 23.8 Å². The first-order valence-electron chi connectivity index (χ1n) is 5.43. The van der Waals surface area contributed by atoms with Gasteiger partial charge in [-0.1, -0.05) is 38.8 Å². The van der Waals surface area contributed by atoms with Crippen molar-refractivity contribution in [2.24, 2.45) is 5.92 Å². The second-order valence-corrected chi connectivity index (χ2v) is 3.60. The molecule has 1 rings (SSSR count). The molecule has 0 atom stereocenters. The summed E-state index contributed by atoms with van der Waals surface area (Å²) in [5.41, 5.74) is 0.614. The Morgan fingerprint density at radius 2 is 1.93 bits per heavy atom. The lowest BCUT2D eigenvalue weighted by Crippen LogP contribution is -2.10. The van der Waals surface area contributed by atoms with Gasteiger partial charge in [-0.15, -0.1) is 0 Å². The second-order valence-electron chi connectivity index (χ2n) is 3.60. The molecule has 1 aromatic carbocycles. The molecule has 0 saturated heterocycles. The standard InChI is InChI=1S/C13H17NO/c1-3-11(4-2)10-15-13-8-6-5-7-12(13)9-14/h5-8,11H,3-4,10H2,1-2H3. The number of nitriles is 1. The van der Waals surface area contributed by atoms with Crippen molar-refractivity contribution >= 4 is 0 Å². The van der Waals surface area contributed by atoms with Crippen LogP contribution >= 0.6 is 0 Å². The molecule has 0 saturated carbocycles. The average Bonchev–Trinajstić information content (AvgIpc) is 2.31. The summed E-state index contributed by atoms with van der Waals surface area (Å²) in [5.74, 6) is 1.28. The monoisotopic (exact) mass is 203 g/mol. The van der Waals surface area contributed by atoms with Gasteiger partial charge in [0.15, 0.2) is 0 Å². The summed E-state index contributed by atoms with van der Waals surface area (Å²) in [6.45, 7) is 5.02. The van der Waals surface area contributed by atoms with Crippen LogP contribution in [0.3, 0.4) is 0 Å². The van der Waals surface area contributed by atoms with Crippen LogP contribution in [0.1, 0.15) is 32.3 Å². The molecule has 0 aliphatic carbocycles. The van der Waals surface area contributed by atoms with Crippen molar-refractivity contribution in [1.82, 2.24) is 0 Å². The molecule has 0 bridgehead atoms.